The number of rotatable bonds is 3. The topological polar surface area (TPSA) is 0 Å². The third-order valence-electron chi connectivity index (χ3n) is 2.91. The first-order chi connectivity index (χ1) is 5.74. The van der Waals surface area contributed by atoms with E-state index in [1.807, 2.05) is 6.08 Å². The summed E-state index contributed by atoms with van der Waals surface area (Å²) in [7, 11) is 0. The van der Waals surface area contributed by atoms with Crippen LogP contribution in [-0.4, -0.2) is 6.17 Å². The normalized spacial score (nSPS) is 36.3. The highest BCUT2D eigenvalue weighted by molar-refractivity contribution is 4.80. The summed E-state index contributed by atoms with van der Waals surface area (Å²) >= 11 is 0. The van der Waals surface area contributed by atoms with E-state index in [2.05, 4.69) is 13.5 Å². The molecular formula is C11H19F. The van der Waals surface area contributed by atoms with Gasteiger partial charge in [-0.2, -0.15) is 0 Å². The van der Waals surface area contributed by atoms with Gasteiger partial charge in [0.25, 0.3) is 0 Å². The molecule has 70 valence electrons. The van der Waals surface area contributed by atoms with Crippen molar-refractivity contribution in [1.29, 1.82) is 0 Å². The summed E-state index contributed by atoms with van der Waals surface area (Å²) in [5.74, 6) is 0.916. The highest BCUT2D eigenvalue weighted by Gasteiger charge is 2.27. The van der Waals surface area contributed by atoms with Crippen LogP contribution < -0.4 is 0 Å². The number of halogens is 1. The van der Waals surface area contributed by atoms with Gasteiger partial charge in [-0.25, -0.2) is 4.39 Å². The van der Waals surface area contributed by atoms with Crippen molar-refractivity contribution in [1.82, 2.24) is 0 Å². The van der Waals surface area contributed by atoms with Gasteiger partial charge >= 0.3 is 0 Å². The fourth-order valence-corrected chi connectivity index (χ4v) is 2.03. The number of allylic oxidation sites excluding steroid dienone is 1. The van der Waals surface area contributed by atoms with E-state index in [1.165, 1.54) is 6.42 Å². The van der Waals surface area contributed by atoms with Crippen LogP contribution in [0.25, 0.3) is 0 Å². The first-order valence-corrected chi connectivity index (χ1v) is 4.99. The molecule has 1 rings (SSSR count). The Morgan fingerprint density at radius 2 is 2.25 bits per heavy atom. The third kappa shape index (κ3) is 2.62. The van der Waals surface area contributed by atoms with Crippen molar-refractivity contribution in [3.63, 3.8) is 0 Å². The van der Waals surface area contributed by atoms with Crippen LogP contribution >= 0.6 is 0 Å². The largest absolute Gasteiger partial charge is 0.247 e. The van der Waals surface area contributed by atoms with Crippen molar-refractivity contribution in [2.45, 2.75) is 45.2 Å². The quantitative estimate of drug-likeness (QED) is 0.566. The summed E-state index contributed by atoms with van der Waals surface area (Å²) < 4.78 is 13.4. The van der Waals surface area contributed by atoms with E-state index in [0.29, 0.717) is 11.8 Å². The SMILES string of the molecule is C=CCCC1CCC(C)CC1F. The summed E-state index contributed by atoms with van der Waals surface area (Å²) in [5, 5.41) is 0. The molecule has 12 heavy (non-hydrogen) atoms. The zero-order chi connectivity index (χ0) is 8.97. The van der Waals surface area contributed by atoms with Crippen LogP contribution in [-0.2, 0) is 0 Å². The molecule has 0 aromatic heterocycles. The van der Waals surface area contributed by atoms with Gasteiger partial charge in [0.05, 0.1) is 0 Å². The molecule has 0 saturated heterocycles. The maximum absolute atomic E-state index is 13.4. The van der Waals surface area contributed by atoms with E-state index in [-0.39, 0.29) is 0 Å². The van der Waals surface area contributed by atoms with E-state index in [0.717, 1.165) is 25.7 Å². The van der Waals surface area contributed by atoms with Gasteiger partial charge in [0.2, 0.25) is 0 Å². The van der Waals surface area contributed by atoms with E-state index in [9.17, 15) is 4.39 Å². The molecule has 0 spiro atoms. The molecule has 0 aliphatic heterocycles. The monoisotopic (exact) mass is 170 g/mol. The second-order valence-electron chi connectivity index (χ2n) is 4.06. The molecule has 1 aliphatic rings. The molecule has 0 nitrogen and oxygen atoms in total. The Kier molecular flexibility index (Phi) is 3.77. The molecule has 0 radical (unpaired) electrons. The Bertz CT molecular complexity index is 142. The van der Waals surface area contributed by atoms with E-state index < -0.39 is 6.17 Å². The summed E-state index contributed by atoms with van der Waals surface area (Å²) in [6.07, 6.45) is 6.38. The van der Waals surface area contributed by atoms with E-state index >= 15 is 0 Å². The Morgan fingerprint density at radius 1 is 1.50 bits per heavy atom. The highest BCUT2D eigenvalue weighted by Crippen LogP contribution is 2.33. The number of hydrogen-bond acceptors (Lipinski definition) is 0. The maximum Gasteiger partial charge on any atom is 0.103 e. The van der Waals surface area contributed by atoms with E-state index in [1.54, 1.807) is 0 Å². The maximum atomic E-state index is 13.4. The van der Waals surface area contributed by atoms with Crippen LogP contribution in [0.15, 0.2) is 12.7 Å². The molecular weight excluding hydrogens is 151 g/mol. The van der Waals surface area contributed by atoms with Crippen molar-refractivity contribution in [3.05, 3.63) is 12.7 Å². The first kappa shape index (κ1) is 9.76. The molecule has 3 unspecified atom stereocenters. The second-order valence-corrected chi connectivity index (χ2v) is 4.06. The minimum absolute atomic E-state index is 0.319. The smallest absolute Gasteiger partial charge is 0.103 e. The lowest BCUT2D eigenvalue weighted by Crippen LogP contribution is -2.24. The second kappa shape index (κ2) is 4.64. The Hall–Kier alpha value is -0.330. The van der Waals surface area contributed by atoms with Crippen LogP contribution in [0.1, 0.15) is 39.0 Å². The molecule has 0 aromatic rings. The summed E-state index contributed by atoms with van der Waals surface area (Å²) in [6, 6.07) is 0. The Labute approximate surface area is 74.9 Å². The van der Waals surface area contributed by atoms with Crippen molar-refractivity contribution in [2.24, 2.45) is 11.8 Å². The van der Waals surface area contributed by atoms with Crippen molar-refractivity contribution >= 4 is 0 Å². The average Bonchev–Trinajstić information content (AvgIpc) is 2.03. The minimum atomic E-state index is -0.548. The molecule has 3 atom stereocenters. The standard InChI is InChI=1S/C11H19F/c1-3-4-5-10-7-6-9(2)8-11(10)12/h3,9-11H,1,4-8H2,2H3. The summed E-state index contributed by atoms with van der Waals surface area (Å²) in [4.78, 5) is 0. The van der Waals surface area contributed by atoms with E-state index in [4.69, 9.17) is 0 Å². The van der Waals surface area contributed by atoms with Gasteiger partial charge in [0.15, 0.2) is 0 Å². The van der Waals surface area contributed by atoms with Crippen LogP contribution in [0.5, 0.6) is 0 Å². The molecule has 1 heteroatoms. The molecule has 0 bridgehead atoms. The fourth-order valence-electron chi connectivity index (χ4n) is 2.03. The minimum Gasteiger partial charge on any atom is -0.247 e. The first-order valence-electron chi connectivity index (χ1n) is 4.99. The van der Waals surface area contributed by atoms with Crippen LogP contribution in [0.4, 0.5) is 4.39 Å². The molecule has 1 fully saturated rings. The lowest BCUT2D eigenvalue weighted by atomic mass is 9.79. The predicted octanol–water partition coefficient (Wildman–Crippen LogP) is 3.73. The van der Waals surface area contributed by atoms with Crippen molar-refractivity contribution < 1.29 is 4.39 Å². The Morgan fingerprint density at radius 3 is 2.83 bits per heavy atom. The highest BCUT2D eigenvalue weighted by atomic mass is 19.1. The average molecular weight is 170 g/mol. The molecule has 0 amide bonds. The van der Waals surface area contributed by atoms with Gasteiger partial charge < -0.3 is 0 Å². The molecule has 1 saturated carbocycles. The van der Waals surface area contributed by atoms with Crippen LogP contribution in [0.2, 0.25) is 0 Å². The predicted molar refractivity (Wildman–Crippen MR) is 50.8 cm³/mol. The summed E-state index contributed by atoms with van der Waals surface area (Å²) in [6.45, 7) is 5.81. The van der Waals surface area contributed by atoms with Crippen molar-refractivity contribution in [3.8, 4) is 0 Å². The Balaban J connectivity index is 2.29. The third-order valence-corrected chi connectivity index (χ3v) is 2.91. The molecule has 0 N–H and O–H groups in total. The van der Waals surface area contributed by atoms with Crippen LogP contribution in [0, 0.1) is 11.8 Å². The van der Waals surface area contributed by atoms with Gasteiger partial charge in [-0.05, 0) is 37.5 Å². The van der Waals surface area contributed by atoms with Gasteiger partial charge in [0.1, 0.15) is 6.17 Å². The summed E-state index contributed by atoms with van der Waals surface area (Å²) in [5.41, 5.74) is 0. The lowest BCUT2D eigenvalue weighted by molar-refractivity contribution is 0.127. The zero-order valence-corrected chi connectivity index (χ0v) is 7.93. The number of alkyl halides is 1. The van der Waals surface area contributed by atoms with Gasteiger partial charge in [-0.15, -0.1) is 6.58 Å². The van der Waals surface area contributed by atoms with Gasteiger partial charge in [0, 0.05) is 0 Å². The van der Waals surface area contributed by atoms with Crippen molar-refractivity contribution in [2.75, 3.05) is 0 Å². The lowest BCUT2D eigenvalue weighted by Gasteiger charge is -2.29. The zero-order valence-electron chi connectivity index (χ0n) is 7.93. The van der Waals surface area contributed by atoms with Gasteiger partial charge in [-0.3, -0.25) is 0 Å². The molecule has 0 heterocycles. The number of hydrogen-bond donors (Lipinski definition) is 0. The fraction of sp³-hybridized carbons (Fsp3) is 0.818. The van der Waals surface area contributed by atoms with Gasteiger partial charge in [-0.1, -0.05) is 19.4 Å². The molecule has 0 aromatic carbocycles. The van der Waals surface area contributed by atoms with Crippen LogP contribution in [0.3, 0.4) is 0 Å². The molecule has 1 aliphatic carbocycles.